The summed E-state index contributed by atoms with van der Waals surface area (Å²) >= 11 is 0. The minimum atomic E-state index is -0.936. The highest BCUT2D eigenvalue weighted by Crippen LogP contribution is 2.08. The molecule has 0 atom stereocenters. The summed E-state index contributed by atoms with van der Waals surface area (Å²) < 4.78 is 2.93. The van der Waals surface area contributed by atoms with Crippen LogP contribution >= 0.6 is 0 Å². The zero-order valence-electron chi connectivity index (χ0n) is 10.3. The normalized spacial score (nSPS) is 10.4. The first-order valence-electron chi connectivity index (χ1n) is 5.60. The lowest BCUT2D eigenvalue weighted by molar-refractivity contribution is -0.137. The number of anilines is 1. The molecule has 0 fully saturated rings. The highest BCUT2D eigenvalue weighted by atomic mass is 16.4. The summed E-state index contributed by atoms with van der Waals surface area (Å²) in [6, 6.07) is 1.54. The van der Waals surface area contributed by atoms with E-state index < -0.39 is 5.97 Å². The predicted molar refractivity (Wildman–Crippen MR) is 65.6 cm³/mol. The maximum atomic E-state index is 12.0. The lowest BCUT2D eigenvalue weighted by Gasteiger charge is -2.05. The van der Waals surface area contributed by atoms with Gasteiger partial charge < -0.3 is 10.4 Å². The molecule has 2 aromatic rings. The average molecular weight is 263 g/mol. The van der Waals surface area contributed by atoms with Crippen LogP contribution in [0, 0.1) is 0 Å². The number of aromatic nitrogens is 4. The summed E-state index contributed by atoms with van der Waals surface area (Å²) in [6.07, 6.45) is 4.56. The van der Waals surface area contributed by atoms with Gasteiger partial charge in [-0.2, -0.15) is 10.2 Å². The van der Waals surface area contributed by atoms with Gasteiger partial charge in [0.2, 0.25) is 0 Å². The van der Waals surface area contributed by atoms with E-state index in [2.05, 4.69) is 15.5 Å². The zero-order valence-corrected chi connectivity index (χ0v) is 10.3. The van der Waals surface area contributed by atoms with Crippen LogP contribution in [-0.2, 0) is 18.4 Å². The number of amides is 1. The fraction of sp³-hybridized carbons (Fsp3) is 0.273. The van der Waals surface area contributed by atoms with Crippen molar-refractivity contribution in [3.63, 3.8) is 0 Å². The molecule has 0 unspecified atom stereocenters. The summed E-state index contributed by atoms with van der Waals surface area (Å²) in [6.45, 7) is 0.151. The van der Waals surface area contributed by atoms with Crippen LogP contribution in [0.5, 0.6) is 0 Å². The lowest BCUT2D eigenvalue weighted by Crippen LogP contribution is -2.18. The van der Waals surface area contributed by atoms with Crippen molar-refractivity contribution in [2.24, 2.45) is 7.05 Å². The molecular formula is C11H13N5O3. The number of aryl methyl sites for hydroxylation is 2. The minimum absolute atomic E-state index is 0.0884. The Balaban J connectivity index is 2.06. The average Bonchev–Trinajstić information content (AvgIpc) is 2.95. The molecule has 0 aromatic carbocycles. The maximum Gasteiger partial charge on any atom is 0.305 e. The first-order valence-corrected chi connectivity index (χ1v) is 5.60. The molecule has 100 valence electrons. The Morgan fingerprint density at radius 3 is 2.84 bits per heavy atom. The van der Waals surface area contributed by atoms with Gasteiger partial charge in [0.15, 0.2) is 0 Å². The highest BCUT2D eigenvalue weighted by Gasteiger charge is 2.13. The van der Waals surface area contributed by atoms with Gasteiger partial charge in [-0.15, -0.1) is 0 Å². The van der Waals surface area contributed by atoms with Crippen LogP contribution in [0.4, 0.5) is 5.69 Å². The van der Waals surface area contributed by atoms with Gasteiger partial charge in [-0.25, -0.2) is 0 Å². The van der Waals surface area contributed by atoms with E-state index in [1.807, 2.05) is 0 Å². The molecule has 2 N–H and O–H groups in total. The SMILES string of the molecule is Cn1cc(NC(=O)c2ccnn2CCC(=O)O)cn1. The first-order chi connectivity index (χ1) is 9.06. The number of hydrogen-bond acceptors (Lipinski definition) is 4. The molecule has 19 heavy (non-hydrogen) atoms. The van der Waals surface area contributed by atoms with E-state index in [4.69, 9.17) is 5.11 Å². The topological polar surface area (TPSA) is 102 Å². The Morgan fingerprint density at radius 1 is 1.42 bits per heavy atom. The Morgan fingerprint density at radius 2 is 2.21 bits per heavy atom. The molecule has 2 rings (SSSR count). The number of aliphatic carboxylic acids is 1. The number of hydrogen-bond donors (Lipinski definition) is 2. The van der Waals surface area contributed by atoms with Gasteiger partial charge in [-0.05, 0) is 6.07 Å². The molecule has 1 amide bonds. The van der Waals surface area contributed by atoms with Gasteiger partial charge in [-0.3, -0.25) is 19.0 Å². The monoisotopic (exact) mass is 263 g/mol. The Labute approximate surface area is 108 Å². The molecule has 0 spiro atoms. The molecule has 0 aliphatic carbocycles. The van der Waals surface area contributed by atoms with Gasteiger partial charge in [0.25, 0.3) is 5.91 Å². The molecular weight excluding hydrogens is 250 g/mol. The van der Waals surface area contributed by atoms with E-state index >= 15 is 0 Å². The van der Waals surface area contributed by atoms with Crippen LogP contribution in [0.3, 0.4) is 0 Å². The fourth-order valence-electron chi connectivity index (χ4n) is 1.59. The van der Waals surface area contributed by atoms with Gasteiger partial charge in [0.1, 0.15) is 5.69 Å². The van der Waals surface area contributed by atoms with Gasteiger partial charge >= 0.3 is 5.97 Å². The van der Waals surface area contributed by atoms with Gasteiger partial charge in [-0.1, -0.05) is 0 Å². The molecule has 8 nitrogen and oxygen atoms in total. The molecule has 0 aliphatic heterocycles. The second-order valence-corrected chi connectivity index (χ2v) is 3.94. The van der Waals surface area contributed by atoms with E-state index in [0.29, 0.717) is 11.4 Å². The summed E-state index contributed by atoms with van der Waals surface area (Å²) in [5, 5.41) is 19.2. The predicted octanol–water partition coefficient (Wildman–Crippen LogP) is 0.344. The first kappa shape index (κ1) is 12.8. The van der Waals surface area contributed by atoms with Crippen LogP contribution in [-0.4, -0.2) is 36.5 Å². The molecule has 0 saturated heterocycles. The molecule has 0 aliphatic rings. The number of carbonyl (C=O) groups is 2. The lowest BCUT2D eigenvalue weighted by atomic mass is 10.3. The highest BCUT2D eigenvalue weighted by molar-refractivity contribution is 6.02. The summed E-state index contributed by atoms with van der Waals surface area (Å²) in [5.41, 5.74) is 0.878. The quantitative estimate of drug-likeness (QED) is 0.810. The summed E-state index contributed by atoms with van der Waals surface area (Å²) in [4.78, 5) is 22.5. The Kier molecular flexibility index (Phi) is 3.60. The van der Waals surface area contributed by atoms with Crippen LogP contribution < -0.4 is 5.32 Å². The Hall–Kier alpha value is -2.64. The van der Waals surface area contributed by atoms with Crippen molar-refractivity contribution in [2.75, 3.05) is 5.32 Å². The van der Waals surface area contributed by atoms with Gasteiger partial charge in [0, 0.05) is 19.4 Å². The summed E-state index contributed by atoms with van der Waals surface area (Å²) in [5.74, 6) is -1.29. The maximum absolute atomic E-state index is 12.0. The van der Waals surface area contributed by atoms with Crippen molar-refractivity contribution in [3.8, 4) is 0 Å². The third-order valence-electron chi connectivity index (χ3n) is 2.45. The van der Waals surface area contributed by atoms with Crippen LogP contribution in [0.1, 0.15) is 16.9 Å². The van der Waals surface area contributed by atoms with E-state index in [-0.39, 0.29) is 18.9 Å². The number of carboxylic acid groups (broad SMARTS) is 1. The van der Waals surface area contributed by atoms with Crippen molar-refractivity contribution < 1.29 is 14.7 Å². The van der Waals surface area contributed by atoms with E-state index in [1.165, 1.54) is 23.1 Å². The number of rotatable bonds is 5. The van der Waals surface area contributed by atoms with Crippen molar-refractivity contribution >= 4 is 17.6 Å². The van der Waals surface area contributed by atoms with Crippen molar-refractivity contribution in [1.29, 1.82) is 0 Å². The minimum Gasteiger partial charge on any atom is -0.481 e. The molecule has 2 aromatic heterocycles. The molecule has 2 heterocycles. The van der Waals surface area contributed by atoms with Gasteiger partial charge in [0.05, 0.1) is 24.8 Å². The third-order valence-corrected chi connectivity index (χ3v) is 2.45. The third kappa shape index (κ3) is 3.18. The number of nitrogens with one attached hydrogen (secondary N) is 1. The largest absolute Gasteiger partial charge is 0.481 e. The van der Waals surface area contributed by atoms with Crippen LogP contribution in [0.2, 0.25) is 0 Å². The van der Waals surface area contributed by atoms with Crippen LogP contribution in [0.15, 0.2) is 24.7 Å². The van der Waals surface area contributed by atoms with E-state index in [1.54, 1.807) is 17.9 Å². The van der Waals surface area contributed by atoms with Crippen LogP contribution in [0.25, 0.3) is 0 Å². The van der Waals surface area contributed by atoms with E-state index in [9.17, 15) is 9.59 Å². The number of carbonyl (C=O) groups excluding carboxylic acids is 1. The smallest absolute Gasteiger partial charge is 0.305 e. The van der Waals surface area contributed by atoms with Crippen molar-refractivity contribution in [2.45, 2.75) is 13.0 Å². The molecule has 0 radical (unpaired) electrons. The van der Waals surface area contributed by atoms with Crippen molar-refractivity contribution in [1.82, 2.24) is 19.6 Å². The van der Waals surface area contributed by atoms with E-state index in [0.717, 1.165) is 0 Å². The standard InChI is InChI=1S/C11H13N5O3/c1-15-7-8(6-13-15)14-11(19)9-2-4-12-16(9)5-3-10(17)18/h2,4,6-7H,3,5H2,1H3,(H,14,19)(H,17,18). The number of nitrogens with zero attached hydrogens (tertiary/aromatic N) is 4. The Bertz CT molecular complexity index is 601. The zero-order chi connectivity index (χ0) is 13.8. The summed E-state index contributed by atoms with van der Waals surface area (Å²) in [7, 11) is 1.74. The van der Waals surface area contributed by atoms with Crippen molar-refractivity contribution in [3.05, 3.63) is 30.4 Å². The second-order valence-electron chi connectivity index (χ2n) is 3.94. The molecule has 0 bridgehead atoms. The molecule has 0 saturated carbocycles. The second kappa shape index (κ2) is 5.34. The fourth-order valence-corrected chi connectivity index (χ4v) is 1.59. The molecule has 8 heteroatoms. The number of carboxylic acids is 1.